The van der Waals surface area contributed by atoms with Gasteiger partial charge in [-0.1, -0.05) is 11.6 Å². The molecule has 60 valence electrons. The number of hydrogen-bond acceptors (Lipinski definition) is 3. The number of aliphatic hydroxyl groups is 1. The van der Waals surface area contributed by atoms with Gasteiger partial charge in [-0.2, -0.15) is 0 Å². The van der Waals surface area contributed by atoms with Gasteiger partial charge in [0.1, 0.15) is 10.8 Å². The van der Waals surface area contributed by atoms with Gasteiger partial charge in [0, 0.05) is 6.20 Å². The smallest absolute Gasteiger partial charge is 0.161 e. The van der Waals surface area contributed by atoms with E-state index in [1.165, 1.54) is 6.20 Å². The molecule has 0 aromatic carbocycles. The zero-order valence-electron chi connectivity index (χ0n) is 6.37. The van der Waals surface area contributed by atoms with Crippen LogP contribution in [0.1, 0.15) is 19.7 Å². The number of aromatic nitrogens is 2. The van der Waals surface area contributed by atoms with E-state index < -0.39 is 5.60 Å². The summed E-state index contributed by atoms with van der Waals surface area (Å²) in [6.07, 6.45) is 1.52. The van der Waals surface area contributed by atoms with Crippen molar-refractivity contribution in [3.8, 4) is 0 Å². The molecule has 0 aliphatic carbocycles. The van der Waals surface area contributed by atoms with Gasteiger partial charge in [-0.05, 0) is 19.9 Å². The lowest BCUT2D eigenvalue weighted by Crippen LogP contribution is -2.19. The lowest BCUT2D eigenvalue weighted by atomic mass is 10.1. The Bertz CT molecular complexity index is 257. The fourth-order valence-electron chi connectivity index (χ4n) is 0.631. The minimum absolute atomic E-state index is 0.338. The zero-order valence-corrected chi connectivity index (χ0v) is 7.13. The SMILES string of the molecule is CC(C)(O)c1nccc(Cl)n1. The normalized spacial score (nSPS) is 11.6. The highest BCUT2D eigenvalue weighted by molar-refractivity contribution is 6.29. The van der Waals surface area contributed by atoms with Gasteiger partial charge in [-0.15, -0.1) is 0 Å². The van der Waals surface area contributed by atoms with E-state index in [4.69, 9.17) is 11.6 Å². The Morgan fingerprint density at radius 3 is 2.55 bits per heavy atom. The molecule has 0 saturated heterocycles. The molecule has 1 aromatic rings. The van der Waals surface area contributed by atoms with Crippen LogP contribution >= 0.6 is 11.6 Å². The van der Waals surface area contributed by atoms with Crippen molar-refractivity contribution in [1.82, 2.24) is 9.97 Å². The summed E-state index contributed by atoms with van der Waals surface area (Å²) in [5.41, 5.74) is -1.02. The van der Waals surface area contributed by atoms with Gasteiger partial charge < -0.3 is 5.11 Å². The minimum Gasteiger partial charge on any atom is -0.382 e. The number of nitrogens with zero attached hydrogens (tertiary/aromatic N) is 2. The molecule has 4 heteroatoms. The third kappa shape index (κ3) is 2.13. The molecule has 0 bridgehead atoms. The van der Waals surface area contributed by atoms with E-state index in [0.717, 1.165) is 0 Å². The molecule has 1 heterocycles. The van der Waals surface area contributed by atoms with Crippen molar-refractivity contribution in [2.45, 2.75) is 19.4 Å². The predicted octanol–water partition coefficient (Wildman–Crippen LogP) is 1.36. The molecule has 0 fully saturated rings. The standard InChI is InChI=1S/C7H9ClN2O/c1-7(2,11)6-9-4-3-5(8)10-6/h3-4,11H,1-2H3. The highest BCUT2D eigenvalue weighted by Gasteiger charge is 2.19. The van der Waals surface area contributed by atoms with Gasteiger partial charge in [-0.25, -0.2) is 9.97 Å². The van der Waals surface area contributed by atoms with Crippen LogP contribution in [0.15, 0.2) is 12.3 Å². The highest BCUT2D eigenvalue weighted by Crippen LogP contribution is 2.15. The number of halogens is 1. The molecule has 0 radical (unpaired) electrons. The Balaban J connectivity index is 3.06. The second-order valence-corrected chi connectivity index (χ2v) is 3.15. The average Bonchev–Trinajstić information content (AvgIpc) is 1.86. The summed E-state index contributed by atoms with van der Waals surface area (Å²) in [6, 6.07) is 1.57. The summed E-state index contributed by atoms with van der Waals surface area (Å²) >= 11 is 5.59. The Morgan fingerprint density at radius 1 is 1.55 bits per heavy atom. The molecule has 0 aliphatic rings. The van der Waals surface area contributed by atoms with Crippen molar-refractivity contribution in [2.24, 2.45) is 0 Å². The van der Waals surface area contributed by atoms with E-state index in [1.807, 2.05) is 0 Å². The molecular weight excluding hydrogens is 164 g/mol. The molecular formula is C7H9ClN2O. The summed E-state index contributed by atoms with van der Waals surface area (Å²) in [4.78, 5) is 7.71. The third-order valence-corrected chi connectivity index (χ3v) is 1.38. The molecule has 3 nitrogen and oxygen atoms in total. The molecule has 0 aliphatic heterocycles. The second-order valence-electron chi connectivity index (χ2n) is 2.76. The molecule has 0 spiro atoms. The predicted molar refractivity (Wildman–Crippen MR) is 42.3 cm³/mol. The van der Waals surface area contributed by atoms with Gasteiger partial charge >= 0.3 is 0 Å². The van der Waals surface area contributed by atoms with Crippen LogP contribution < -0.4 is 0 Å². The molecule has 0 saturated carbocycles. The molecule has 0 atom stereocenters. The van der Waals surface area contributed by atoms with Crippen LogP contribution in [0.25, 0.3) is 0 Å². The van der Waals surface area contributed by atoms with Crippen LogP contribution in [-0.2, 0) is 5.60 Å². The van der Waals surface area contributed by atoms with Crippen molar-refractivity contribution in [1.29, 1.82) is 0 Å². The maximum atomic E-state index is 9.43. The lowest BCUT2D eigenvalue weighted by Gasteiger charge is -2.14. The largest absolute Gasteiger partial charge is 0.382 e. The maximum absolute atomic E-state index is 9.43. The summed E-state index contributed by atoms with van der Waals surface area (Å²) in [5.74, 6) is 0.338. The van der Waals surface area contributed by atoms with Crippen molar-refractivity contribution < 1.29 is 5.11 Å². The van der Waals surface area contributed by atoms with Gasteiger partial charge in [0.15, 0.2) is 5.82 Å². The van der Waals surface area contributed by atoms with Crippen LogP contribution in [0, 0.1) is 0 Å². The molecule has 0 amide bonds. The number of rotatable bonds is 1. The summed E-state index contributed by atoms with van der Waals surface area (Å²) in [7, 11) is 0. The third-order valence-electron chi connectivity index (χ3n) is 1.17. The first kappa shape index (κ1) is 8.43. The number of hydrogen-bond donors (Lipinski definition) is 1. The van der Waals surface area contributed by atoms with Crippen molar-refractivity contribution >= 4 is 11.6 Å². The highest BCUT2D eigenvalue weighted by atomic mass is 35.5. The van der Waals surface area contributed by atoms with E-state index >= 15 is 0 Å². The topological polar surface area (TPSA) is 46.0 Å². The lowest BCUT2D eigenvalue weighted by molar-refractivity contribution is 0.0687. The van der Waals surface area contributed by atoms with Crippen LogP contribution in [0.2, 0.25) is 5.15 Å². The van der Waals surface area contributed by atoms with Crippen LogP contribution in [-0.4, -0.2) is 15.1 Å². The van der Waals surface area contributed by atoms with Gasteiger partial charge in [-0.3, -0.25) is 0 Å². The van der Waals surface area contributed by atoms with Crippen molar-refractivity contribution in [3.63, 3.8) is 0 Å². The Hall–Kier alpha value is -0.670. The Labute approximate surface area is 70.1 Å². The minimum atomic E-state index is -1.02. The van der Waals surface area contributed by atoms with Crippen LogP contribution in [0.5, 0.6) is 0 Å². The first-order valence-electron chi connectivity index (χ1n) is 3.21. The summed E-state index contributed by atoms with van der Waals surface area (Å²) < 4.78 is 0. The Kier molecular flexibility index (Phi) is 2.11. The molecule has 1 N–H and O–H groups in total. The van der Waals surface area contributed by atoms with E-state index in [-0.39, 0.29) is 0 Å². The monoisotopic (exact) mass is 172 g/mol. The molecule has 0 unspecified atom stereocenters. The van der Waals surface area contributed by atoms with E-state index in [9.17, 15) is 5.11 Å². The van der Waals surface area contributed by atoms with Crippen LogP contribution in [0.4, 0.5) is 0 Å². The summed E-state index contributed by atoms with van der Waals surface area (Å²) in [6.45, 7) is 3.22. The van der Waals surface area contributed by atoms with E-state index in [1.54, 1.807) is 19.9 Å². The van der Waals surface area contributed by atoms with Crippen molar-refractivity contribution in [3.05, 3.63) is 23.2 Å². The van der Waals surface area contributed by atoms with E-state index in [2.05, 4.69) is 9.97 Å². The van der Waals surface area contributed by atoms with E-state index in [0.29, 0.717) is 11.0 Å². The fourth-order valence-corrected chi connectivity index (χ4v) is 0.768. The first-order valence-corrected chi connectivity index (χ1v) is 3.59. The molecule has 1 rings (SSSR count). The van der Waals surface area contributed by atoms with Crippen molar-refractivity contribution in [2.75, 3.05) is 0 Å². The maximum Gasteiger partial charge on any atom is 0.161 e. The zero-order chi connectivity index (χ0) is 8.48. The van der Waals surface area contributed by atoms with Gasteiger partial charge in [0.2, 0.25) is 0 Å². The summed E-state index contributed by atoms with van der Waals surface area (Å²) in [5, 5.41) is 9.77. The first-order chi connectivity index (χ1) is 5.00. The van der Waals surface area contributed by atoms with Gasteiger partial charge in [0.25, 0.3) is 0 Å². The quantitative estimate of drug-likeness (QED) is 0.651. The fraction of sp³-hybridized carbons (Fsp3) is 0.429. The average molecular weight is 173 g/mol. The Morgan fingerprint density at radius 2 is 2.18 bits per heavy atom. The second kappa shape index (κ2) is 2.75. The van der Waals surface area contributed by atoms with Crippen LogP contribution in [0.3, 0.4) is 0 Å². The molecule has 11 heavy (non-hydrogen) atoms. The molecule has 1 aromatic heterocycles. The van der Waals surface area contributed by atoms with Gasteiger partial charge in [0.05, 0.1) is 0 Å².